The van der Waals surface area contributed by atoms with E-state index in [2.05, 4.69) is 5.32 Å². The van der Waals surface area contributed by atoms with E-state index in [4.69, 9.17) is 5.73 Å². The summed E-state index contributed by atoms with van der Waals surface area (Å²) < 4.78 is 0. The third-order valence-electron chi connectivity index (χ3n) is 4.52. The van der Waals surface area contributed by atoms with Crippen LogP contribution in [0.3, 0.4) is 0 Å². The number of nitrogens with two attached hydrogens (primary N) is 1. The third kappa shape index (κ3) is 2.60. The molecule has 1 saturated heterocycles. The van der Waals surface area contributed by atoms with Crippen LogP contribution in [0.1, 0.15) is 30.0 Å². The molecule has 0 bridgehead atoms. The summed E-state index contributed by atoms with van der Waals surface area (Å²) in [6.07, 6.45) is 3.05. The van der Waals surface area contributed by atoms with Crippen LogP contribution in [-0.4, -0.2) is 35.3 Å². The van der Waals surface area contributed by atoms with Gasteiger partial charge in [-0.1, -0.05) is 18.2 Å². The minimum atomic E-state index is -1.23. The van der Waals surface area contributed by atoms with Crippen molar-refractivity contribution >= 4 is 23.9 Å². The molecule has 8 heteroatoms. The minimum absolute atomic E-state index is 0.537. The number of nitrogens with one attached hydrogen (secondary N) is 2. The summed E-state index contributed by atoms with van der Waals surface area (Å²) in [6, 6.07) is 4.03. The van der Waals surface area contributed by atoms with E-state index in [0.29, 0.717) is 5.56 Å². The highest BCUT2D eigenvalue weighted by Gasteiger charge is 2.49. The topological polar surface area (TPSA) is 122 Å². The minimum Gasteiger partial charge on any atom is -0.351 e. The SMILES string of the molecule is CC1(c2ccc3c(c2)CCC3)NC(=O)N(CC(=O)NC(N)=O)C1=O. The van der Waals surface area contributed by atoms with Gasteiger partial charge >= 0.3 is 12.1 Å². The highest BCUT2D eigenvalue weighted by atomic mass is 16.2. The van der Waals surface area contributed by atoms with Crippen LogP contribution < -0.4 is 16.4 Å². The summed E-state index contributed by atoms with van der Waals surface area (Å²) in [4.78, 5) is 47.9. The Labute approximate surface area is 138 Å². The second-order valence-corrected chi connectivity index (χ2v) is 6.20. The van der Waals surface area contributed by atoms with Gasteiger partial charge in [0.1, 0.15) is 12.1 Å². The number of hydrogen-bond acceptors (Lipinski definition) is 4. The van der Waals surface area contributed by atoms with Crippen molar-refractivity contribution in [2.24, 2.45) is 5.73 Å². The van der Waals surface area contributed by atoms with Crippen LogP contribution >= 0.6 is 0 Å². The van der Waals surface area contributed by atoms with Gasteiger partial charge in [0, 0.05) is 0 Å². The molecule has 0 spiro atoms. The number of urea groups is 2. The van der Waals surface area contributed by atoms with E-state index >= 15 is 0 Å². The van der Waals surface area contributed by atoms with Gasteiger partial charge < -0.3 is 11.1 Å². The number of rotatable bonds is 3. The van der Waals surface area contributed by atoms with Gasteiger partial charge in [0.25, 0.3) is 5.91 Å². The first kappa shape index (κ1) is 16.0. The van der Waals surface area contributed by atoms with Crippen molar-refractivity contribution in [1.29, 1.82) is 0 Å². The average molecular weight is 330 g/mol. The Balaban J connectivity index is 1.84. The van der Waals surface area contributed by atoms with E-state index in [0.717, 1.165) is 24.2 Å². The largest absolute Gasteiger partial charge is 0.351 e. The highest BCUT2D eigenvalue weighted by molar-refractivity contribution is 6.10. The lowest BCUT2D eigenvalue weighted by Gasteiger charge is -2.23. The van der Waals surface area contributed by atoms with Crippen molar-refractivity contribution in [1.82, 2.24) is 15.5 Å². The summed E-state index contributed by atoms with van der Waals surface area (Å²) in [7, 11) is 0. The number of imide groups is 2. The molecule has 1 atom stereocenters. The summed E-state index contributed by atoms with van der Waals surface area (Å²) in [5.74, 6) is -1.35. The van der Waals surface area contributed by atoms with Gasteiger partial charge in [-0.25, -0.2) is 9.59 Å². The van der Waals surface area contributed by atoms with Crippen LogP contribution in [0.5, 0.6) is 0 Å². The molecule has 6 amide bonds. The average Bonchev–Trinajstić information content (AvgIpc) is 3.05. The van der Waals surface area contributed by atoms with Crippen LogP contribution in [0.15, 0.2) is 18.2 Å². The standard InChI is InChI=1S/C16H18N4O4/c1-16(11-6-5-9-3-2-4-10(9)7-11)13(22)20(15(24)19-16)8-12(21)18-14(17)23/h5-7H,2-4,8H2,1H3,(H,19,24)(H3,17,18,21,23). The van der Waals surface area contributed by atoms with Crippen LogP contribution in [0.25, 0.3) is 0 Å². The van der Waals surface area contributed by atoms with Gasteiger partial charge in [0.15, 0.2) is 0 Å². The van der Waals surface area contributed by atoms with Crippen molar-refractivity contribution in [2.75, 3.05) is 6.54 Å². The smallest absolute Gasteiger partial charge is 0.325 e. The molecule has 0 saturated carbocycles. The number of benzene rings is 1. The first-order valence-corrected chi connectivity index (χ1v) is 7.67. The molecule has 3 rings (SSSR count). The predicted octanol–water partition coefficient (Wildman–Crippen LogP) is 0.137. The summed E-state index contributed by atoms with van der Waals surface area (Å²) in [5, 5.41) is 4.48. The Morgan fingerprint density at radius 2 is 2.00 bits per heavy atom. The molecule has 1 fully saturated rings. The van der Waals surface area contributed by atoms with Gasteiger partial charge in [0.05, 0.1) is 0 Å². The first-order chi connectivity index (χ1) is 11.3. The Morgan fingerprint density at radius 1 is 1.29 bits per heavy atom. The molecule has 0 radical (unpaired) electrons. The van der Waals surface area contributed by atoms with Crippen LogP contribution in [0.4, 0.5) is 9.59 Å². The molecular weight excluding hydrogens is 312 g/mol. The van der Waals surface area contributed by atoms with Crippen molar-refractivity contribution < 1.29 is 19.2 Å². The maximum atomic E-state index is 12.7. The van der Waals surface area contributed by atoms with Crippen LogP contribution in [0, 0.1) is 0 Å². The number of amides is 6. The lowest BCUT2D eigenvalue weighted by molar-refractivity contribution is -0.134. The highest BCUT2D eigenvalue weighted by Crippen LogP contribution is 2.32. The molecule has 1 unspecified atom stereocenters. The monoisotopic (exact) mass is 330 g/mol. The predicted molar refractivity (Wildman–Crippen MR) is 83.8 cm³/mol. The van der Waals surface area contributed by atoms with Crippen molar-refractivity contribution in [2.45, 2.75) is 31.7 Å². The maximum absolute atomic E-state index is 12.7. The molecule has 4 N–H and O–H groups in total. The van der Waals surface area contributed by atoms with Gasteiger partial charge in [-0.05, 0) is 42.9 Å². The maximum Gasteiger partial charge on any atom is 0.325 e. The molecule has 1 aromatic rings. The summed E-state index contributed by atoms with van der Waals surface area (Å²) >= 11 is 0. The number of fused-ring (bicyclic) bond motifs is 1. The lowest BCUT2D eigenvalue weighted by Crippen LogP contribution is -2.45. The van der Waals surface area contributed by atoms with Crippen molar-refractivity contribution in [3.05, 3.63) is 34.9 Å². The molecule has 2 aliphatic rings. The number of hydrogen-bond donors (Lipinski definition) is 3. The molecule has 1 aliphatic carbocycles. The Kier molecular flexibility index (Phi) is 3.75. The Bertz CT molecular complexity index is 760. The van der Waals surface area contributed by atoms with E-state index < -0.39 is 36.0 Å². The van der Waals surface area contributed by atoms with Gasteiger partial charge in [-0.2, -0.15) is 0 Å². The molecule has 0 aromatic heterocycles. The van der Waals surface area contributed by atoms with Crippen LogP contribution in [0.2, 0.25) is 0 Å². The van der Waals surface area contributed by atoms with Gasteiger partial charge in [-0.15, -0.1) is 0 Å². The fourth-order valence-electron chi connectivity index (χ4n) is 3.24. The molecule has 126 valence electrons. The van der Waals surface area contributed by atoms with Gasteiger partial charge in [0.2, 0.25) is 5.91 Å². The van der Waals surface area contributed by atoms with Crippen LogP contribution in [-0.2, 0) is 28.0 Å². The molecule has 1 heterocycles. The molecule has 1 aliphatic heterocycles. The second kappa shape index (κ2) is 5.63. The number of nitrogens with zero attached hydrogens (tertiary/aromatic N) is 1. The summed E-state index contributed by atoms with van der Waals surface area (Å²) in [6.45, 7) is 1.05. The third-order valence-corrected chi connectivity index (χ3v) is 4.52. The van der Waals surface area contributed by atoms with Gasteiger partial charge in [-0.3, -0.25) is 19.8 Å². The van der Waals surface area contributed by atoms with E-state index in [9.17, 15) is 19.2 Å². The number of primary amides is 1. The van der Waals surface area contributed by atoms with Crippen molar-refractivity contribution in [3.63, 3.8) is 0 Å². The zero-order chi connectivity index (χ0) is 17.5. The zero-order valence-corrected chi connectivity index (χ0v) is 13.2. The summed E-state index contributed by atoms with van der Waals surface area (Å²) in [5.41, 5.74) is 6.75. The molecule has 8 nitrogen and oxygen atoms in total. The number of carbonyl (C=O) groups is 4. The normalized spacial score (nSPS) is 22.3. The number of carbonyl (C=O) groups excluding carboxylic acids is 4. The lowest BCUT2D eigenvalue weighted by atomic mass is 9.89. The van der Waals surface area contributed by atoms with E-state index in [1.807, 2.05) is 23.5 Å². The molecule has 24 heavy (non-hydrogen) atoms. The van der Waals surface area contributed by atoms with E-state index in [-0.39, 0.29) is 0 Å². The fraction of sp³-hybridized carbons (Fsp3) is 0.375. The van der Waals surface area contributed by atoms with E-state index in [1.54, 1.807) is 6.92 Å². The van der Waals surface area contributed by atoms with E-state index in [1.165, 1.54) is 11.1 Å². The molecule has 1 aromatic carbocycles. The quantitative estimate of drug-likeness (QED) is 0.682. The first-order valence-electron chi connectivity index (χ1n) is 7.67. The number of aryl methyl sites for hydroxylation is 2. The Morgan fingerprint density at radius 3 is 2.71 bits per heavy atom. The molecular formula is C16H18N4O4. The second-order valence-electron chi connectivity index (χ2n) is 6.20. The van der Waals surface area contributed by atoms with Crippen molar-refractivity contribution in [3.8, 4) is 0 Å². The zero-order valence-electron chi connectivity index (χ0n) is 13.2. The Hall–Kier alpha value is -2.90. The fourth-order valence-corrected chi connectivity index (χ4v) is 3.24.